The van der Waals surface area contributed by atoms with Crippen LogP contribution < -0.4 is 10.6 Å². The molecule has 0 radical (unpaired) electrons. The lowest BCUT2D eigenvalue weighted by atomic mass is 10.0. The van der Waals surface area contributed by atoms with Gasteiger partial charge in [-0.05, 0) is 32.8 Å². The van der Waals surface area contributed by atoms with Gasteiger partial charge in [0.1, 0.15) is 17.7 Å². The third-order valence-corrected chi connectivity index (χ3v) is 7.83. The van der Waals surface area contributed by atoms with E-state index in [1.165, 1.54) is 64.2 Å². The highest BCUT2D eigenvalue weighted by molar-refractivity contribution is 8.13. The van der Waals surface area contributed by atoms with Crippen molar-refractivity contribution in [3.05, 3.63) is 35.9 Å². The van der Waals surface area contributed by atoms with Gasteiger partial charge < -0.3 is 20.5 Å². The van der Waals surface area contributed by atoms with Gasteiger partial charge in [-0.3, -0.25) is 9.59 Å². The van der Waals surface area contributed by atoms with Crippen LogP contribution in [-0.2, 0) is 25.5 Å². The highest BCUT2D eigenvalue weighted by atomic mass is 32.2. The van der Waals surface area contributed by atoms with Gasteiger partial charge in [0.15, 0.2) is 5.12 Å². The van der Waals surface area contributed by atoms with E-state index < -0.39 is 35.7 Å². The Hall–Kier alpha value is -2.55. The number of rotatable bonds is 22. The third-order valence-electron chi connectivity index (χ3n) is 6.80. The third kappa shape index (κ3) is 19.5. The summed E-state index contributed by atoms with van der Waals surface area (Å²) < 4.78 is 5.29. The molecule has 0 fully saturated rings. The summed E-state index contributed by atoms with van der Waals surface area (Å²) in [5.41, 5.74) is 0.0362. The zero-order valence-corrected chi connectivity index (χ0v) is 27.1. The molecule has 0 unspecified atom stereocenters. The summed E-state index contributed by atoms with van der Waals surface area (Å²) in [5.74, 6) is -1.97. The lowest BCUT2D eigenvalue weighted by molar-refractivity contribution is -0.141. The molecule has 8 nitrogen and oxygen atoms in total. The van der Waals surface area contributed by atoms with Gasteiger partial charge in [0.25, 0.3) is 0 Å². The molecule has 2 amide bonds. The van der Waals surface area contributed by atoms with E-state index in [2.05, 4.69) is 17.6 Å². The summed E-state index contributed by atoms with van der Waals surface area (Å²) in [7, 11) is 0. The molecule has 3 N–H and O–H groups in total. The number of benzene rings is 1. The van der Waals surface area contributed by atoms with Crippen LogP contribution in [0.5, 0.6) is 0 Å². The van der Waals surface area contributed by atoms with Crippen LogP contribution in [0, 0.1) is 0 Å². The number of alkyl carbamates (subject to hydrolysis) is 1. The summed E-state index contributed by atoms with van der Waals surface area (Å²) in [6.45, 7) is 7.38. The molecule has 2 atom stereocenters. The molecule has 0 aliphatic carbocycles. The average Bonchev–Trinajstić information content (AvgIpc) is 2.92. The topological polar surface area (TPSA) is 122 Å². The van der Waals surface area contributed by atoms with E-state index >= 15 is 0 Å². The molecular formula is C33H54N2O6S. The number of aliphatic carboxylic acids is 1. The van der Waals surface area contributed by atoms with Crippen molar-refractivity contribution in [2.45, 2.75) is 142 Å². The van der Waals surface area contributed by atoms with Crippen molar-refractivity contribution >= 4 is 34.8 Å². The Balaban J connectivity index is 2.40. The van der Waals surface area contributed by atoms with Crippen molar-refractivity contribution in [2.24, 2.45) is 0 Å². The van der Waals surface area contributed by atoms with E-state index in [0.29, 0.717) is 6.42 Å². The van der Waals surface area contributed by atoms with Crippen LogP contribution in [0.15, 0.2) is 30.3 Å². The minimum atomic E-state index is -1.27. The Labute approximate surface area is 257 Å². The summed E-state index contributed by atoms with van der Waals surface area (Å²) in [6.07, 6.45) is 15.7. The van der Waals surface area contributed by atoms with E-state index in [9.17, 15) is 24.3 Å². The van der Waals surface area contributed by atoms with Gasteiger partial charge in [0, 0.05) is 18.6 Å². The van der Waals surface area contributed by atoms with Crippen molar-refractivity contribution in [3.8, 4) is 0 Å². The van der Waals surface area contributed by atoms with Crippen LogP contribution in [0.3, 0.4) is 0 Å². The SMILES string of the molecule is CCCCCCCCCCCCCCCC(=O)SC[C@H](NC(=O)[C@H](Cc1ccccc1)NC(=O)OC(C)(C)C)C(=O)O. The summed E-state index contributed by atoms with van der Waals surface area (Å²) in [5, 5.41) is 14.7. The molecule has 42 heavy (non-hydrogen) atoms. The predicted octanol–water partition coefficient (Wildman–Crippen LogP) is 7.43. The fourth-order valence-electron chi connectivity index (χ4n) is 4.49. The lowest BCUT2D eigenvalue weighted by Gasteiger charge is -2.24. The molecule has 0 spiro atoms. The van der Waals surface area contributed by atoms with Crippen LogP contribution >= 0.6 is 11.8 Å². The van der Waals surface area contributed by atoms with Crippen LogP contribution in [0.25, 0.3) is 0 Å². The minimum Gasteiger partial charge on any atom is -0.480 e. The van der Waals surface area contributed by atoms with E-state index in [0.717, 1.165) is 36.6 Å². The lowest BCUT2D eigenvalue weighted by Crippen LogP contribution is -2.53. The Morgan fingerprint density at radius 1 is 0.786 bits per heavy atom. The number of hydrogen-bond acceptors (Lipinski definition) is 6. The first-order chi connectivity index (χ1) is 20.0. The van der Waals surface area contributed by atoms with E-state index in [4.69, 9.17) is 4.74 Å². The summed E-state index contributed by atoms with van der Waals surface area (Å²) in [4.78, 5) is 49.7. The van der Waals surface area contributed by atoms with Gasteiger partial charge in [-0.15, -0.1) is 0 Å². The van der Waals surface area contributed by atoms with Crippen molar-refractivity contribution in [2.75, 3.05) is 5.75 Å². The van der Waals surface area contributed by atoms with Crippen LogP contribution in [0.2, 0.25) is 0 Å². The number of carboxylic acids is 1. The zero-order valence-electron chi connectivity index (χ0n) is 26.3. The maximum absolute atomic E-state index is 13.1. The minimum absolute atomic E-state index is 0.0775. The van der Waals surface area contributed by atoms with Crippen molar-refractivity contribution in [1.82, 2.24) is 10.6 Å². The van der Waals surface area contributed by atoms with Gasteiger partial charge in [-0.2, -0.15) is 0 Å². The first kappa shape index (κ1) is 37.5. The quantitative estimate of drug-likeness (QED) is 0.117. The van der Waals surface area contributed by atoms with Crippen LogP contribution in [0.4, 0.5) is 4.79 Å². The Morgan fingerprint density at radius 3 is 1.81 bits per heavy atom. The average molecular weight is 607 g/mol. The zero-order chi connectivity index (χ0) is 31.2. The summed E-state index contributed by atoms with van der Waals surface area (Å²) in [6, 6.07) is 6.79. The number of hydrogen-bond donors (Lipinski definition) is 3. The second-order valence-corrected chi connectivity index (χ2v) is 13.0. The second-order valence-electron chi connectivity index (χ2n) is 12.0. The largest absolute Gasteiger partial charge is 0.480 e. The van der Waals surface area contributed by atoms with Gasteiger partial charge in [-0.25, -0.2) is 9.59 Å². The highest BCUT2D eigenvalue weighted by Gasteiger charge is 2.29. The van der Waals surface area contributed by atoms with Gasteiger partial charge in [0.05, 0.1) is 0 Å². The van der Waals surface area contributed by atoms with Crippen molar-refractivity contribution in [3.63, 3.8) is 0 Å². The van der Waals surface area contributed by atoms with Crippen molar-refractivity contribution < 1.29 is 29.0 Å². The maximum atomic E-state index is 13.1. The number of thioether (sulfide) groups is 1. The molecule has 0 saturated carbocycles. The first-order valence-electron chi connectivity index (χ1n) is 15.7. The van der Waals surface area contributed by atoms with E-state index in [1.54, 1.807) is 20.8 Å². The molecule has 0 aliphatic rings. The predicted molar refractivity (Wildman–Crippen MR) is 171 cm³/mol. The normalized spacial score (nSPS) is 12.8. The molecular weight excluding hydrogens is 552 g/mol. The van der Waals surface area contributed by atoms with Gasteiger partial charge in [-0.1, -0.05) is 126 Å². The Kier molecular flexibility index (Phi) is 19.7. The number of carbonyl (C=O) groups excluding carboxylic acids is 3. The molecule has 9 heteroatoms. The number of carbonyl (C=O) groups is 4. The maximum Gasteiger partial charge on any atom is 0.408 e. The molecule has 0 heterocycles. The standard InChI is InChI=1S/C33H54N2O6S/c1-5-6-7-8-9-10-11-12-13-14-15-16-20-23-29(36)42-25-28(31(38)39)34-30(37)27(24-26-21-18-17-19-22-26)35-32(40)41-33(2,3)4/h17-19,21-22,27-28H,5-16,20,23-25H2,1-4H3,(H,34,37)(H,35,40)(H,38,39)/t27-,28-/m0/s1. The first-order valence-corrected chi connectivity index (χ1v) is 16.7. The van der Waals surface area contributed by atoms with Crippen LogP contribution in [0.1, 0.15) is 123 Å². The monoisotopic (exact) mass is 606 g/mol. The highest BCUT2D eigenvalue weighted by Crippen LogP contribution is 2.16. The summed E-state index contributed by atoms with van der Waals surface area (Å²) >= 11 is 0.930. The number of carboxylic acid groups (broad SMARTS) is 1. The molecule has 1 aromatic rings. The number of ether oxygens (including phenoxy) is 1. The molecule has 0 aromatic heterocycles. The van der Waals surface area contributed by atoms with E-state index in [1.807, 2.05) is 30.3 Å². The fraction of sp³-hybridized carbons (Fsp3) is 0.697. The number of unbranched alkanes of at least 4 members (excludes halogenated alkanes) is 12. The molecule has 1 aromatic carbocycles. The van der Waals surface area contributed by atoms with Crippen LogP contribution in [-0.4, -0.2) is 51.6 Å². The molecule has 0 aliphatic heterocycles. The second kappa shape index (κ2) is 22.1. The van der Waals surface area contributed by atoms with Gasteiger partial charge in [0.2, 0.25) is 5.91 Å². The molecule has 0 saturated heterocycles. The number of amides is 2. The van der Waals surface area contributed by atoms with E-state index in [-0.39, 0.29) is 17.3 Å². The number of nitrogens with one attached hydrogen (secondary N) is 2. The van der Waals surface area contributed by atoms with Gasteiger partial charge >= 0.3 is 12.1 Å². The fourth-order valence-corrected chi connectivity index (χ4v) is 5.36. The van der Waals surface area contributed by atoms with Crippen molar-refractivity contribution in [1.29, 1.82) is 0 Å². The molecule has 0 bridgehead atoms. The Bertz CT molecular complexity index is 919. The Morgan fingerprint density at radius 2 is 1.31 bits per heavy atom. The smallest absolute Gasteiger partial charge is 0.408 e. The molecule has 238 valence electrons. The molecule has 1 rings (SSSR count).